The Balaban J connectivity index is 2.29. The van der Waals surface area contributed by atoms with Crippen LogP contribution in [-0.2, 0) is 9.59 Å². The highest BCUT2D eigenvalue weighted by Gasteiger charge is 2.36. The first-order valence-electron chi connectivity index (χ1n) is 5.52. The van der Waals surface area contributed by atoms with Crippen molar-refractivity contribution in [1.82, 2.24) is 10.6 Å². The molecular formula is C11H16N2O4S. The van der Waals surface area contributed by atoms with Gasteiger partial charge in [-0.05, 0) is 19.1 Å². The van der Waals surface area contributed by atoms with Crippen molar-refractivity contribution in [2.45, 2.75) is 24.0 Å². The predicted molar refractivity (Wildman–Crippen MR) is 68.4 cm³/mol. The van der Waals surface area contributed by atoms with Crippen LogP contribution in [-0.4, -0.2) is 40.6 Å². The summed E-state index contributed by atoms with van der Waals surface area (Å²) in [6.07, 6.45) is 6.75. The molecule has 1 rings (SSSR count). The van der Waals surface area contributed by atoms with Gasteiger partial charge in [-0.15, -0.1) is 0 Å². The van der Waals surface area contributed by atoms with Crippen molar-refractivity contribution in [1.29, 1.82) is 0 Å². The normalized spacial score (nSPS) is 16.9. The van der Waals surface area contributed by atoms with Gasteiger partial charge in [0.1, 0.15) is 0 Å². The molecular weight excluding hydrogens is 256 g/mol. The largest absolute Gasteiger partial charge is 0.478 e. The second kappa shape index (κ2) is 6.44. The van der Waals surface area contributed by atoms with Crippen LogP contribution in [0.1, 0.15) is 19.3 Å². The molecule has 0 aromatic heterocycles. The molecule has 0 radical (unpaired) electrons. The zero-order valence-corrected chi connectivity index (χ0v) is 10.9. The number of aliphatic carboxylic acids is 1. The van der Waals surface area contributed by atoms with Crippen molar-refractivity contribution in [3.05, 3.63) is 12.2 Å². The van der Waals surface area contributed by atoms with E-state index in [-0.39, 0.29) is 4.75 Å². The molecule has 0 heterocycles. The minimum absolute atomic E-state index is 0.0945. The van der Waals surface area contributed by atoms with E-state index in [0.29, 0.717) is 12.6 Å². The van der Waals surface area contributed by atoms with Gasteiger partial charge >= 0.3 is 12.0 Å². The Labute approximate surface area is 109 Å². The van der Waals surface area contributed by atoms with Gasteiger partial charge in [0.15, 0.2) is 0 Å². The Bertz CT molecular complexity index is 372. The molecule has 1 saturated carbocycles. The lowest BCUT2D eigenvalue weighted by Gasteiger charge is -2.40. The molecule has 1 aliphatic carbocycles. The monoisotopic (exact) mass is 272 g/mol. The van der Waals surface area contributed by atoms with Crippen molar-refractivity contribution in [3.8, 4) is 0 Å². The quantitative estimate of drug-likeness (QED) is 0.641. The van der Waals surface area contributed by atoms with E-state index >= 15 is 0 Å². The van der Waals surface area contributed by atoms with Crippen molar-refractivity contribution < 1.29 is 19.5 Å². The lowest BCUT2D eigenvalue weighted by Crippen LogP contribution is -2.48. The van der Waals surface area contributed by atoms with Gasteiger partial charge < -0.3 is 10.4 Å². The molecule has 0 aliphatic heterocycles. The van der Waals surface area contributed by atoms with Gasteiger partial charge in [0, 0.05) is 23.4 Å². The number of carbonyl (C=O) groups is 3. The fourth-order valence-corrected chi connectivity index (χ4v) is 2.52. The maximum Gasteiger partial charge on any atom is 0.328 e. The average molecular weight is 272 g/mol. The number of rotatable bonds is 5. The fraction of sp³-hybridized carbons (Fsp3) is 0.545. The van der Waals surface area contributed by atoms with Crippen molar-refractivity contribution in [2.24, 2.45) is 0 Å². The number of thioether (sulfide) groups is 1. The van der Waals surface area contributed by atoms with Gasteiger partial charge in [0.2, 0.25) is 0 Å². The molecule has 1 fully saturated rings. The Morgan fingerprint density at radius 1 is 1.33 bits per heavy atom. The van der Waals surface area contributed by atoms with E-state index in [2.05, 4.69) is 5.32 Å². The van der Waals surface area contributed by atoms with Crippen molar-refractivity contribution in [3.63, 3.8) is 0 Å². The van der Waals surface area contributed by atoms with E-state index in [1.54, 1.807) is 11.8 Å². The molecule has 0 saturated heterocycles. The molecule has 0 bridgehead atoms. The molecule has 6 nitrogen and oxygen atoms in total. The first-order valence-corrected chi connectivity index (χ1v) is 6.75. The summed E-state index contributed by atoms with van der Waals surface area (Å²) in [7, 11) is 0. The summed E-state index contributed by atoms with van der Waals surface area (Å²) >= 11 is 1.71. The van der Waals surface area contributed by atoms with Crippen LogP contribution in [0, 0.1) is 0 Å². The first-order chi connectivity index (χ1) is 8.47. The summed E-state index contributed by atoms with van der Waals surface area (Å²) in [5, 5.41) is 13.0. The number of nitrogens with one attached hydrogen (secondary N) is 2. The maximum atomic E-state index is 11.4. The molecule has 100 valence electrons. The zero-order chi connectivity index (χ0) is 13.6. The molecule has 0 aromatic carbocycles. The van der Waals surface area contributed by atoms with Crippen LogP contribution < -0.4 is 10.6 Å². The second-order valence-corrected chi connectivity index (χ2v) is 5.36. The number of urea groups is 1. The molecule has 0 unspecified atom stereocenters. The Kier molecular flexibility index (Phi) is 5.21. The molecule has 18 heavy (non-hydrogen) atoms. The summed E-state index contributed by atoms with van der Waals surface area (Å²) in [4.78, 5) is 32.6. The number of amides is 3. The number of hydrogen-bond acceptors (Lipinski definition) is 4. The molecule has 3 N–H and O–H groups in total. The third-order valence-corrected chi connectivity index (χ3v) is 4.30. The highest BCUT2D eigenvalue weighted by atomic mass is 32.2. The number of carboxylic acid groups (broad SMARTS) is 1. The fourth-order valence-electron chi connectivity index (χ4n) is 1.61. The standard InChI is InChI=1S/C11H16N2O4S/c1-18-11(5-2-6-11)7-12-10(17)13-8(14)3-4-9(15)16/h3-4H,2,5-7H2,1H3,(H,15,16)(H2,12,13,14,17)/b4-3+. The van der Waals surface area contributed by atoms with Gasteiger partial charge in [0.05, 0.1) is 0 Å². The third kappa shape index (κ3) is 4.40. The van der Waals surface area contributed by atoms with Crippen LogP contribution >= 0.6 is 11.8 Å². The highest BCUT2D eigenvalue weighted by Crippen LogP contribution is 2.42. The first kappa shape index (κ1) is 14.6. The summed E-state index contributed by atoms with van der Waals surface area (Å²) in [6.45, 7) is 0.510. The second-order valence-electron chi connectivity index (χ2n) is 4.08. The van der Waals surface area contributed by atoms with Gasteiger partial charge in [-0.25, -0.2) is 9.59 Å². The summed E-state index contributed by atoms with van der Waals surface area (Å²) in [6, 6.07) is -0.602. The molecule has 7 heteroatoms. The van der Waals surface area contributed by atoms with E-state index < -0.39 is 17.9 Å². The van der Waals surface area contributed by atoms with E-state index in [1.807, 2.05) is 11.6 Å². The lowest BCUT2D eigenvalue weighted by molar-refractivity contribution is -0.131. The van der Waals surface area contributed by atoms with E-state index in [1.165, 1.54) is 0 Å². The van der Waals surface area contributed by atoms with Gasteiger partial charge in [-0.2, -0.15) is 11.8 Å². The number of carboxylic acids is 1. The van der Waals surface area contributed by atoms with Gasteiger partial charge in [-0.3, -0.25) is 10.1 Å². The van der Waals surface area contributed by atoms with Crippen LogP contribution in [0.4, 0.5) is 4.79 Å². The lowest BCUT2D eigenvalue weighted by atomic mass is 9.84. The average Bonchev–Trinajstić information content (AvgIpc) is 2.25. The van der Waals surface area contributed by atoms with Crippen molar-refractivity contribution in [2.75, 3.05) is 12.8 Å². The zero-order valence-electron chi connectivity index (χ0n) is 10.1. The van der Waals surface area contributed by atoms with Crippen LogP contribution in [0.25, 0.3) is 0 Å². The smallest absolute Gasteiger partial charge is 0.328 e. The summed E-state index contributed by atoms with van der Waals surface area (Å²) in [5.41, 5.74) is 0. The Morgan fingerprint density at radius 2 is 2.00 bits per heavy atom. The number of imide groups is 1. The highest BCUT2D eigenvalue weighted by molar-refractivity contribution is 8.00. The van der Waals surface area contributed by atoms with E-state index in [9.17, 15) is 14.4 Å². The number of hydrogen-bond donors (Lipinski definition) is 3. The molecule has 3 amide bonds. The topological polar surface area (TPSA) is 95.5 Å². The molecule has 0 atom stereocenters. The Hall–Kier alpha value is -1.50. The molecule has 0 aromatic rings. The predicted octanol–water partition coefficient (Wildman–Crippen LogP) is 0.739. The molecule has 1 aliphatic rings. The van der Waals surface area contributed by atoms with Crippen LogP contribution in [0.2, 0.25) is 0 Å². The van der Waals surface area contributed by atoms with Crippen LogP contribution in [0.5, 0.6) is 0 Å². The van der Waals surface area contributed by atoms with E-state index in [0.717, 1.165) is 25.3 Å². The minimum atomic E-state index is -1.23. The van der Waals surface area contributed by atoms with Crippen LogP contribution in [0.15, 0.2) is 12.2 Å². The number of carbonyl (C=O) groups excluding carboxylic acids is 2. The Morgan fingerprint density at radius 3 is 2.44 bits per heavy atom. The maximum absolute atomic E-state index is 11.4. The van der Waals surface area contributed by atoms with E-state index in [4.69, 9.17) is 5.11 Å². The summed E-state index contributed by atoms with van der Waals surface area (Å²) < 4.78 is 0.0945. The van der Waals surface area contributed by atoms with Gasteiger partial charge in [0.25, 0.3) is 5.91 Å². The minimum Gasteiger partial charge on any atom is -0.478 e. The molecule has 0 spiro atoms. The third-order valence-electron chi connectivity index (χ3n) is 2.88. The SMILES string of the molecule is CSC1(CNC(=O)NC(=O)/C=C/C(=O)O)CCC1. The summed E-state index contributed by atoms with van der Waals surface area (Å²) in [5.74, 6) is -1.98. The van der Waals surface area contributed by atoms with Gasteiger partial charge in [-0.1, -0.05) is 6.42 Å². The van der Waals surface area contributed by atoms with Crippen molar-refractivity contribution >= 4 is 29.7 Å². The van der Waals surface area contributed by atoms with Crippen LogP contribution in [0.3, 0.4) is 0 Å².